The van der Waals surface area contributed by atoms with Crippen LogP contribution < -0.4 is 0 Å². The van der Waals surface area contributed by atoms with Gasteiger partial charge in [-0.25, -0.2) is 4.39 Å². The summed E-state index contributed by atoms with van der Waals surface area (Å²) >= 11 is 0. The highest BCUT2D eigenvalue weighted by molar-refractivity contribution is 5.89. The molecule has 0 bridgehead atoms. The number of carbonyl (C=O) groups excluding carboxylic acids is 1. The van der Waals surface area contributed by atoms with Crippen LogP contribution in [0.4, 0.5) is 17.6 Å². The molecular weight excluding hydrogens is 324 g/mol. The monoisotopic (exact) mass is 342 g/mol. The van der Waals surface area contributed by atoms with Gasteiger partial charge < -0.3 is 14.2 Å². The van der Waals surface area contributed by atoms with E-state index < -0.39 is 54.3 Å². The van der Waals surface area contributed by atoms with Gasteiger partial charge in [0.1, 0.15) is 17.3 Å². The number of hydrogen-bond acceptors (Lipinski definition) is 5. The number of Topliss-reactive ketones (excluding diaryl/α,β-unsaturated/α-hetero) is 1. The molecule has 0 aromatic rings. The molecule has 1 spiro atoms. The highest BCUT2D eigenvalue weighted by Crippen LogP contribution is 2.58. The van der Waals surface area contributed by atoms with Crippen molar-refractivity contribution in [3.63, 3.8) is 0 Å². The Labute approximate surface area is 130 Å². The number of epoxide rings is 2. The Morgan fingerprint density at radius 3 is 2.57 bits per heavy atom. The molecule has 0 amide bonds. The molecule has 0 radical (unpaired) electrons. The van der Waals surface area contributed by atoms with E-state index in [4.69, 9.17) is 14.2 Å². The predicted molar refractivity (Wildman–Crippen MR) is 67.4 cm³/mol. The molecule has 23 heavy (non-hydrogen) atoms. The molecule has 0 aromatic carbocycles. The molecule has 2 aliphatic heterocycles. The van der Waals surface area contributed by atoms with Crippen LogP contribution in [-0.4, -0.2) is 62.1 Å². The lowest BCUT2D eigenvalue weighted by Gasteiger charge is -2.38. The van der Waals surface area contributed by atoms with Crippen molar-refractivity contribution in [1.29, 1.82) is 0 Å². The van der Waals surface area contributed by atoms with Gasteiger partial charge in [-0.2, -0.15) is 0 Å². The SMILES string of the molecule is CO[C@@H]1C(=O)[C@H](F)C[C@]2(CO2)[C@H]1C1(C)O[C@@H]1CCOC(F)(F)F. The van der Waals surface area contributed by atoms with Crippen molar-refractivity contribution in [3.05, 3.63) is 0 Å². The number of halogens is 4. The van der Waals surface area contributed by atoms with E-state index in [2.05, 4.69) is 4.74 Å². The third-order valence-electron chi connectivity index (χ3n) is 4.99. The minimum Gasteiger partial charge on any atom is -0.373 e. The van der Waals surface area contributed by atoms with Gasteiger partial charge in [0, 0.05) is 20.0 Å². The average molecular weight is 342 g/mol. The van der Waals surface area contributed by atoms with E-state index in [-0.39, 0.29) is 19.4 Å². The summed E-state index contributed by atoms with van der Waals surface area (Å²) in [5, 5.41) is 0. The number of rotatable bonds is 5. The van der Waals surface area contributed by atoms with E-state index >= 15 is 0 Å². The topological polar surface area (TPSA) is 60.6 Å². The second kappa shape index (κ2) is 5.37. The van der Waals surface area contributed by atoms with E-state index in [0.29, 0.717) is 0 Å². The molecule has 9 heteroatoms. The fourth-order valence-electron chi connectivity index (χ4n) is 3.79. The summed E-state index contributed by atoms with van der Waals surface area (Å²) in [7, 11) is 1.30. The third kappa shape index (κ3) is 2.99. The molecule has 3 fully saturated rings. The first-order valence-corrected chi connectivity index (χ1v) is 7.36. The van der Waals surface area contributed by atoms with Crippen molar-refractivity contribution < 1.29 is 41.3 Å². The first kappa shape index (κ1) is 17.1. The van der Waals surface area contributed by atoms with Gasteiger partial charge >= 0.3 is 6.36 Å². The Balaban J connectivity index is 1.69. The molecule has 0 aromatic heterocycles. The average Bonchev–Trinajstić information content (AvgIpc) is 3.32. The smallest absolute Gasteiger partial charge is 0.373 e. The Kier molecular flexibility index (Phi) is 3.98. The minimum atomic E-state index is -4.69. The van der Waals surface area contributed by atoms with E-state index in [0.717, 1.165) is 0 Å². The van der Waals surface area contributed by atoms with Gasteiger partial charge in [-0.1, -0.05) is 0 Å². The van der Waals surface area contributed by atoms with E-state index in [1.807, 2.05) is 0 Å². The zero-order chi connectivity index (χ0) is 17.0. The van der Waals surface area contributed by atoms with Crippen LogP contribution in [0.5, 0.6) is 0 Å². The maximum atomic E-state index is 13.9. The highest BCUT2D eigenvalue weighted by atomic mass is 19.4. The maximum Gasteiger partial charge on any atom is 0.522 e. The molecule has 1 unspecified atom stereocenters. The lowest BCUT2D eigenvalue weighted by Crippen LogP contribution is -2.56. The number of hydrogen-bond donors (Lipinski definition) is 0. The molecule has 0 N–H and O–H groups in total. The fourth-order valence-corrected chi connectivity index (χ4v) is 3.79. The summed E-state index contributed by atoms with van der Waals surface area (Å²) in [6, 6.07) is 0. The number of methoxy groups -OCH3 is 1. The summed E-state index contributed by atoms with van der Waals surface area (Å²) in [4.78, 5) is 12.0. The molecular formula is C14H18F4O5. The van der Waals surface area contributed by atoms with Crippen molar-refractivity contribution in [2.24, 2.45) is 5.92 Å². The van der Waals surface area contributed by atoms with Crippen molar-refractivity contribution in [2.45, 2.75) is 55.7 Å². The quantitative estimate of drug-likeness (QED) is 0.563. The minimum absolute atomic E-state index is 0.0201. The number of carbonyl (C=O) groups is 1. The van der Waals surface area contributed by atoms with Gasteiger partial charge in [-0.05, 0) is 6.92 Å². The summed E-state index contributed by atoms with van der Waals surface area (Å²) in [6.07, 6.45) is -7.94. The zero-order valence-corrected chi connectivity index (χ0v) is 12.7. The van der Waals surface area contributed by atoms with Crippen molar-refractivity contribution in [3.8, 4) is 0 Å². The van der Waals surface area contributed by atoms with Crippen LogP contribution in [0.25, 0.3) is 0 Å². The Bertz CT molecular complexity index is 492. The molecule has 6 atom stereocenters. The third-order valence-corrected chi connectivity index (χ3v) is 4.99. The Morgan fingerprint density at radius 1 is 1.39 bits per heavy atom. The van der Waals surface area contributed by atoms with Crippen LogP contribution in [0.2, 0.25) is 0 Å². The molecule has 2 heterocycles. The summed E-state index contributed by atoms with van der Waals surface area (Å²) < 4.78 is 69.9. The van der Waals surface area contributed by atoms with Gasteiger partial charge in [0.15, 0.2) is 12.0 Å². The van der Waals surface area contributed by atoms with E-state index in [1.54, 1.807) is 6.92 Å². The zero-order valence-electron chi connectivity index (χ0n) is 12.7. The van der Waals surface area contributed by atoms with Crippen molar-refractivity contribution >= 4 is 5.78 Å². The van der Waals surface area contributed by atoms with Crippen LogP contribution in [0.1, 0.15) is 19.8 Å². The molecule has 2 saturated heterocycles. The fraction of sp³-hybridized carbons (Fsp3) is 0.929. The predicted octanol–water partition coefficient (Wildman–Crippen LogP) is 1.78. The van der Waals surface area contributed by atoms with Gasteiger partial charge in [0.2, 0.25) is 0 Å². The van der Waals surface area contributed by atoms with Crippen LogP contribution >= 0.6 is 0 Å². The second-order valence-corrected chi connectivity index (χ2v) is 6.43. The highest BCUT2D eigenvalue weighted by Gasteiger charge is 2.73. The van der Waals surface area contributed by atoms with Gasteiger partial charge in [-0.15, -0.1) is 13.2 Å². The van der Waals surface area contributed by atoms with Crippen molar-refractivity contribution in [1.82, 2.24) is 0 Å². The normalized spacial score (nSPS) is 46.3. The standard InChI is InChI=1S/C14H18F4O5/c1-12(8(23-12)3-4-21-14(16,17)18)11-10(20-2)9(19)7(15)5-13(11)6-22-13/h7-8,10-11H,3-6H2,1-2H3/t7-,8-,10-,11-,12?,13+/m1/s1. The van der Waals surface area contributed by atoms with Crippen LogP contribution in [-0.2, 0) is 23.7 Å². The lowest BCUT2D eigenvalue weighted by atomic mass is 9.68. The number of alkyl halides is 4. The number of ether oxygens (including phenoxy) is 4. The van der Waals surface area contributed by atoms with E-state index in [9.17, 15) is 22.4 Å². The molecule has 3 aliphatic rings. The van der Waals surface area contributed by atoms with Crippen LogP contribution in [0, 0.1) is 5.92 Å². The molecule has 132 valence electrons. The van der Waals surface area contributed by atoms with Gasteiger partial charge in [0.05, 0.1) is 25.2 Å². The number of ketones is 1. The Hall–Kier alpha value is -0.770. The van der Waals surface area contributed by atoms with Gasteiger partial charge in [-0.3, -0.25) is 9.53 Å². The lowest BCUT2D eigenvalue weighted by molar-refractivity contribution is -0.324. The summed E-state index contributed by atoms with van der Waals surface area (Å²) in [6.45, 7) is 1.44. The van der Waals surface area contributed by atoms with Gasteiger partial charge in [0.25, 0.3) is 0 Å². The van der Waals surface area contributed by atoms with Crippen molar-refractivity contribution in [2.75, 3.05) is 20.3 Å². The molecule has 1 aliphatic carbocycles. The first-order chi connectivity index (χ1) is 10.6. The maximum absolute atomic E-state index is 13.9. The first-order valence-electron chi connectivity index (χ1n) is 7.36. The molecule has 5 nitrogen and oxygen atoms in total. The largest absolute Gasteiger partial charge is 0.522 e. The second-order valence-electron chi connectivity index (χ2n) is 6.43. The summed E-state index contributed by atoms with van der Waals surface area (Å²) in [5.74, 6) is -1.21. The molecule has 3 rings (SSSR count). The van der Waals surface area contributed by atoms with Crippen LogP contribution in [0.15, 0.2) is 0 Å². The summed E-state index contributed by atoms with van der Waals surface area (Å²) in [5.41, 5.74) is -1.72. The van der Waals surface area contributed by atoms with Crippen LogP contribution in [0.3, 0.4) is 0 Å². The molecule has 1 saturated carbocycles. The van der Waals surface area contributed by atoms with E-state index in [1.165, 1.54) is 7.11 Å². The Morgan fingerprint density at radius 2 is 2.04 bits per heavy atom.